The Bertz CT molecular complexity index is 1210. The molecule has 0 saturated heterocycles. The van der Waals surface area contributed by atoms with Gasteiger partial charge in [-0.15, -0.1) is 0 Å². The van der Waals surface area contributed by atoms with E-state index < -0.39 is 0 Å². The van der Waals surface area contributed by atoms with Gasteiger partial charge in [0.15, 0.2) is 0 Å². The number of allylic oxidation sites excluding steroid dienone is 2. The molecule has 0 amide bonds. The molecular formula is C21H21ClN6O2. The molecule has 0 unspecified atom stereocenters. The van der Waals surface area contributed by atoms with E-state index in [4.69, 9.17) is 27.2 Å². The SMILES string of the molecule is Cc1cc(C(=N)/C=C\C(=N)Cl)ccc1OCc1c(C)cccc1-n1nnn(C)c1=O. The normalized spacial score (nSPS) is 11.1. The Morgan fingerprint density at radius 2 is 1.90 bits per heavy atom. The molecule has 1 aromatic heterocycles. The van der Waals surface area contributed by atoms with Crippen LogP contribution >= 0.6 is 11.6 Å². The molecule has 0 bridgehead atoms. The summed E-state index contributed by atoms with van der Waals surface area (Å²) in [6.45, 7) is 4.08. The van der Waals surface area contributed by atoms with Crippen LogP contribution < -0.4 is 10.4 Å². The van der Waals surface area contributed by atoms with Gasteiger partial charge in [-0.1, -0.05) is 23.7 Å². The van der Waals surface area contributed by atoms with Crippen LogP contribution in [-0.2, 0) is 13.7 Å². The Morgan fingerprint density at radius 1 is 1.13 bits per heavy atom. The molecule has 3 aromatic rings. The molecule has 154 valence electrons. The first-order valence-corrected chi connectivity index (χ1v) is 9.48. The van der Waals surface area contributed by atoms with Crippen molar-refractivity contribution >= 4 is 22.5 Å². The van der Waals surface area contributed by atoms with E-state index in [9.17, 15) is 4.79 Å². The van der Waals surface area contributed by atoms with Crippen LogP contribution in [0.5, 0.6) is 5.75 Å². The van der Waals surface area contributed by atoms with Gasteiger partial charge in [0.1, 0.15) is 17.5 Å². The summed E-state index contributed by atoms with van der Waals surface area (Å²) in [6, 6.07) is 11.0. The van der Waals surface area contributed by atoms with Crippen molar-refractivity contribution in [1.82, 2.24) is 19.8 Å². The molecule has 3 rings (SSSR count). The number of aromatic nitrogens is 4. The lowest BCUT2D eigenvalue weighted by Crippen LogP contribution is -2.23. The van der Waals surface area contributed by atoms with E-state index in [1.54, 1.807) is 25.2 Å². The fraction of sp³-hybridized carbons (Fsp3) is 0.190. The van der Waals surface area contributed by atoms with Crippen molar-refractivity contribution < 1.29 is 4.74 Å². The molecule has 2 aromatic carbocycles. The van der Waals surface area contributed by atoms with E-state index in [-0.39, 0.29) is 23.2 Å². The third kappa shape index (κ3) is 4.55. The van der Waals surface area contributed by atoms with Crippen LogP contribution in [0.15, 0.2) is 53.3 Å². The monoisotopic (exact) mass is 424 g/mol. The van der Waals surface area contributed by atoms with Gasteiger partial charge in [-0.2, -0.15) is 9.36 Å². The summed E-state index contributed by atoms with van der Waals surface area (Å²) in [4.78, 5) is 12.3. The first-order chi connectivity index (χ1) is 14.3. The Kier molecular flexibility index (Phi) is 6.27. The maximum Gasteiger partial charge on any atom is 0.368 e. The number of rotatable bonds is 7. The summed E-state index contributed by atoms with van der Waals surface area (Å²) in [5.74, 6) is 0.668. The Labute approximate surface area is 178 Å². The lowest BCUT2D eigenvalue weighted by atomic mass is 10.1. The van der Waals surface area contributed by atoms with Crippen molar-refractivity contribution in [3.63, 3.8) is 0 Å². The molecule has 1 heterocycles. The highest BCUT2D eigenvalue weighted by atomic mass is 35.5. The van der Waals surface area contributed by atoms with Gasteiger partial charge in [0.05, 0.1) is 11.4 Å². The number of halogens is 1. The predicted octanol–water partition coefficient (Wildman–Crippen LogP) is 3.30. The minimum atomic E-state index is -0.334. The smallest absolute Gasteiger partial charge is 0.368 e. The molecule has 0 aliphatic rings. The van der Waals surface area contributed by atoms with Crippen molar-refractivity contribution in [3.05, 3.63) is 81.3 Å². The molecule has 0 aliphatic carbocycles. The standard InChI is InChI=1S/C21H21ClN6O2/c1-13-5-4-6-18(28-21(29)27(3)25-26-28)16(13)12-30-19-9-7-15(11-14(19)2)17(23)8-10-20(22)24/h4-11,23-24H,12H2,1-3H3/b10-8-,23-17?,24-20?. The zero-order valence-corrected chi connectivity index (χ0v) is 17.6. The van der Waals surface area contributed by atoms with Gasteiger partial charge in [0.25, 0.3) is 0 Å². The number of hydrogen-bond donors (Lipinski definition) is 2. The summed E-state index contributed by atoms with van der Waals surface area (Å²) in [7, 11) is 1.55. The van der Waals surface area contributed by atoms with Crippen LogP contribution in [0, 0.1) is 24.7 Å². The average Bonchev–Trinajstić information content (AvgIpc) is 3.04. The number of ether oxygens (including phenoxy) is 1. The average molecular weight is 425 g/mol. The molecule has 9 heteroatoms. The zero-order chi connectivity index (χ0) is 21.8. The number of hydrogen-bond acceptors (Lipinski definition) is 6. The summed E-state index contributed by atoms with van der Waals surface area (Å²) in [5, 5.41) is 22.8. The number of benzene rings is 2. The number of aryl methyl sites for hydroxylation is 3. The van der Waals surface area contributed by atoms with Gasteiger partial charge in [0, 0.05) is 12.6 Å². The maximum atomic E-state index is 12.3. The van der Waals surface area contributed by atoms with Crippen molar-refractivity contribution in [3.8, 4) is 11.4 Å². The molecule has 0 radical (unpaired) electrons. The summed E-state index contributed by atoms with van der Waals surface area (Å²) in [6.07, 6.45) is 2.83. The first-order valence-electron chi connectivity index (χ1n) is 9.10. The molecule has 30 heavy (non-hydrogen) atoms. The third-order valence-corrected chi connectivity index (χ3v) is 4.72. The summed E-state index contributed by atoms with van der Waals surface area (Å²) in [5.41, 5.74) is 3.89. The van der Waals surface area contributed by atoms with E-state index in [2.05, 4.69) is 10.4 Å². The third-order valence-electron chi connectivity index (χ3n) is 4.59. The molecule has 2 N–H and O–H groups in total. The van der Waals surface area contributed by atoms with E-state index in [1.165, 1.54) is 21.5 Å². The van der Waals surface area contributed by atoms with Crippen LogP contribution in [0.4, 0.5) is 0 Å². The summed E-state index contributed by atoms with van der Waals surface area (Å²) >= 11 is 5.50. The number of nitrogens with zero attached hydrogens (tertiary/aromatic N) is 4. The number of tetrazole rings is 1. The van der Waals surface area contributed by atoms with Crippen LogP contribution in [-0.4, -0.2) is 30.7 Å². The van der Waals surface area contributed by atoms with Gasteiger partial charge < -0.3 is 10.1 Å². The van der Waals surface area contributed by atoms with Crippen LogP contribution in [0.25, 0.3) is 5.69 Å². The predicted molar refractivity (Wildman–Crippen MR) is 116 cm³/mol. The van der Waals surface area contributed by atoms with Crippen molar-refractivity contribution in [2.45, 2.75) is 20.5 Å². The van der Waals surface area contributed by atoms with Crippen molar-refractivity contribution in [2.24, 2.45) is 7.05 Å². The number of nitrogens with one attached hydrogen (secondary N) is 2. The molecule has 0 atom stereocenters. The first kappa shape index (κ1) is 21.2. The summed E-state index contributed by atoms with van der Waals surface area (Å²) < 4.78 is 8.46. The highest BCUT2D eigenvalue weighted by molar-refractivity contribution is 6.67. The van der Waals surface area contributed by atoms with Gasteiger partial charge in [-0.25, -0.2) is 4.79 Å². The molecular weight excluding hydrogens is 404 g/mol. The highest BCUT2D eigenvalue weighted by Crippen LogP contribution is 2.24. The van der Waals surface area contributed by atoms with Crippen molar-refractivity contribution in [1.29, 1.82) is 10.8 Å². The molecule has 0 fully saturated rings. The van der Waals surface area contributed by atoms with Crippen molar-refractivity contribution in [2.75, 3.05) is 0 Å². The van der Waals surface area contributed by atoms with Crippen LogP contribution in [0.2, 0.25) is 0 Å². The minimum absolute atomic E-state index is 0.132. The second-order valence-electron chi connectivity index (χ2n) is 6.73. The molecule has 0 spiro atoms. The minimum Gasteiger partial charge on any atom is -0.489 e. The Hall–Kier alpha value is -3.52. The van der Waals surface area contributed by atoms with Crippen LogP contribution in [0.3, 0.4) is 0 Å². The largest absolute Gasteiger partial charge is 0.489 e. The molecule has 8 nitrogen and oxygen atoms in total. The Balaban J connectivity index is 1.84. The Morgan fingerprint density at radius 3 is 2.53 bits per heavy atom. The lowest BCUT2D eigenvalue weighted by Gasteiger charge is -2.14. The molecule has 0 aliphatic heterocycles. The van der Waals surface area contributed by atoms with E-state index in [0.29, 0.717) is 17.0 Å². The lowest BCUT2D eigenvalue weighted by molar-refractivity contribution is 0.302. The fourth-order valence-corrected chi connectivity index (χ4v) is 2.98. The second kappa shape index (κ2) is 8.87. The highest BCUT2D eigenvalue weighted by Gasteiger charge is 2.14. The van der Waals surface area contributed by atoms with E-state index in [0.717, 1.165) is 16.7 Å². The zero-order valence-electron chi connectivity index (χ0n) is 16.8. The quantitative estimate of drug-likeness (QED) is 0.567. The maximum absolute atomic E-state index is 12.3. The topological polar surface area (TPSA) is 110 Å². The van der Waals surface area contributed by atoms with Gasteiger partial charge in [-0.3, -0.25) is 5.41 Å². The van der Waals surface area contributed by atoms with E-state index in [1.807, 2.05) is 32.0 Å². The van der Waals surface area contributed by atoms with Crippen LogP contribution in [0.1, 0.15) is 22.3 Å². The van der Waals surface area contributed by atoms with Gasteiger partial charge >= 0.3 is 5.69 Å². The van der Waals surface area contributed by atoms with Gasteiger partial charge in [0.2, 0.25) is 0 Å². The van der Waals surface area contributed by atoms with E-state index >= 15 is 0 Å². The molecule has 0 saturated carbocycles. The fourth-order valence-electron chi connectivity index (χ4n) is 2.92. The second-order valence-corrected chi connectivity index (χ2v) is 7.14. The van der Waals surface area contributed by atoms with Gasteiger partial charge in [-0.05, 0) is 77.4 Å².